The molecule has 0 aromatic carbocycles. The average molecular weight is 182 g/mol. The van der Waals surface area contributed by atoms with E-state index in [-0.39, 0.29) is 11.6 Å². The molecule has 0 aromatic rings. The summed E-state index contributed by atoms with van der Waals surface area (Å²) in [6.07, 6.45) is 4.62. The van der Waals surface area contributed by atoms with Gasteiger partial charge in [0.05, 0.1) is 5.41 Å². The van der Waals surface area contributed by atoms with Gasteiger partial charge in [0.2, 0.25) is 0 Å². The Morgan fingerprint density at radius 3 is 2.00 bits per heavy atom. The molecule has 0 radical (unpaired) electrons. The van der Waals surface area contributed by atoms with E-state index in [0.717, 1.165) is 25.7 Å². The second kappa shape index (κ2) is 4.03. The van der Waals surface area contributed by atoms with Crippen LogP contribution in [0.3, 0.4) is 0 Å². The summed E-state index contributed by atoms with van der Waals surface area (Å²) in [6.45, 7) is 3.85. The van der Waals surface area contributed by atoms with Crippen LogP contribution in [0.25, 0.3) is 0 Å². The highest BCUT2D eigenvalue weighted by atomic mass is 16.2. The molecule has 0 aliphatic heterocycles. The third-order valence-electron chi connectivity index (χ3n) is 3.04. The van der Waals surface area contributed by atoms with Gasteiger partial charge < -0.3 is 0 Å². The molecular formula is C11H18O2. The molecule has 1 aliphatic rings. The Morgan fingerprint density at radius 1 is 1.15 bits per heavy atom. The van der Waals surface area contributed by atoms with Gasteiger partial charge in [-0.15, -0.1) is 0 Å². The topological polar surface area (TPSA) is 34.1 Å². The molecular weight excluding hydrogens is 164 g/mol. The van der Waals surface area contributed by atoms with Crippen LogP contribution in [-0.2, 0) is 9.59 Å². The van der Waals surface area contributed by atoms with E-state index in [9.17, 15) is 9.59 Å². The summed E-state index contributed by atoms with van der Waals surface area (Å²) in [7, 11) is 0. The Morgan fingerprint density at radius 2 is 1.62 bits per heavy atom. The SMILES string of the molecule is CCCC1(C)C(=O)CCCCC1=O. The molecule has 0 spiro atoms. The van der Waals surface area contributed by atoms with Gasteiger partial charge in [-0.2, -0.15) is 0 Å². The van der Waals surface area contributed by atoms with Gasteiger partial charge in [-0.25, -0.2) is 0 Å². The van der Waals surface area contributed by atoms with Crippen molar-refractivity contribution < 1.29 is 9.59 Å². The van der Waals surface area contributed by atoms with Gasteiger partial charge in [-0.3, -0.25) is 9.59 Å². The van der Waals surface area contributed by atoms with Crippen molar-refractivity contribution >= 4 is 11.6 Å². The summed E-state index contributed by atoms with van der Waals surface area (Å²) in [5.74, 6) is 0.328. The van der Waals surface area contributed by atoms with E-state index in [1.165, 1.54) is 0 Å². The summed E-state index contributed by atoms with van der Waals surface area (Å²) >= 11 is 0. The largest absolute Gasteiger partial charge is 0.299 e. The van der Waals surface area contributed by atoms with Gasteiger partial charge in [0.1, 0.15) is 11.6 Å². The normalized spacial score (nSPS) is 22.9. The molecule has 0 saturated heterocycles. The van der Waals surface area contributed by atoms with Crippen LogP contribution in [0.2, 0.25) is 0 Å². The van der Waals surface area contributed by atoms with Gasteiger partial charge in [-0.05, 0) is 26.2 Å². The summed E-state index contributed by atoms with van der Waals surface area (Å²) in [5.41, 5.74) is -0.648. The molecule has 1 fully saturated rings. The molecule has 0 N–H and O–H groups in total. The Hall–Kier alpha value is -0.660. The number of carbonyl (C=O) groups excluding carboxylic acids is 2. The maximum Gasteiger partial charge on any atom is 0.146 e. The van der Waals surface area contributed by atoms with Crippen molar-refractivity contribution in [3.63, 3.8) is 0 Å². The van der Waals surface area contributed by atoms with Gasteiger partial charge in [0.15, 0.2) is 0 Å². The first-order valence-corrected chi connectivity index (χ1v) is 5.18. The molecule has 0 amide bonds. The van der Waals surface area contributed by atoms with Crippen LogP contribution >= 0.6 is 0 Å². The Labute approximate surface area is 79.7 Å². The lowest BCUT2D eigenvalue weighted by Gasteiger charge is -2.23. The van der Waals surface area contributed by atoms with Crippen molar-refractivity contribution in [3.05, 3.63) is 0 Å². The zero-order chi connectivity index (χ0) is 9.90. The lowest BCUT2D eigenvalue weighted by molar-refractivity contribution is -0.139. The number of rotatable bonds is 2. The highest BCUT2D eigenvalue weighted by Gasteiger charge is 2.39. The minimum absolute atomic E-state index is 0.164. The molecule has 1 rings (SSSR count). The van der Waals surface area contributed by atoms with Crippen LogP contribution in [0.5, 0.6) is 0 Å². The van der Waals surface area contributed by atoms with E-state index < -0.39 is 5.41 Å². The second-order valence-corrected chi connectivity index (χ2v) is 4.14. The fraction of sp³-hybridized carbons (Fsp3) is 0.818. The van der Waals surface area contributed by atoms with Crippen molar-refractivity contribution in [1.29, 1.82) is 0 Å². The van der Waals surface area contributed by atoms with Gasteiger partial charge in [0.25, 0.3) is 0 Å². The first-order valence-electron chi connectivity index (χ1n) is 5.18. The molecule has 0 aromatic heterocycles. The number of carbonyl (C=O) groups is 2. The minimum atomic E-state index is -0.648. The van der Waals surface area contributed by atoms with Crippen LogP contribution < -0.4 is 0 Å². The first-order chi connectivity index (χ1) is 6.11. The van der Waals surface area contributed by atoms with Crippen molar-refractivity contribution in [1.82, 2.24) is 0 Å². The fourth-order valence-corrected chi connectivity index (χ4v) is 2.06. The van der Waals surface area contributed by atoms with Gasteiger partial charge in [-0.1, -0.05) is 13.3 Å². The molecule has 74 valence electrons. The van der Waals surface area contributed by atoms with E-state index in [0.29, 0.717) is 12.8 Å². The predicted molar refractivity (Wildman–Crippen MR) is 51.5 cm³/mol. The predicted octanol–water partition coefficient (Wildman–Crippen LogP) is 2.51. The molecule has 1 aliphatic carbocycles. The van der Waals surface area contributed by atoms with Gasteiger partial charge >= 0.3 is 0 Å². The third kappa shape index (κ3) is 1.98. The molecule has 0 heterocycles. The van der Waals surface area contributed by atoms with Crippen molar-refractivity contribution in [2.75, 3.05) is 0 Å². The number of hydrogen-bond donors (Lipinski definition) is 0. The standard InChI is InChI=1S/C11H18O2/c1-3-8-11(2)9(12)6-4-5-7-10(11)13/h3-8H2,1-2H3. The van der Waals surface area contributed by atoms with Crippen LogP contribution in [0.1, 0.15) is 52.4 Å². The summed E-state index contributed by atoms with van der Waals surface area (Å²) in [5, 5.41) is 0. The monoisotopic (exact) mass is 182 g/mol. The smallest absolute Gasteiger partial charge is 0.146 e. The lowest BCUT2D eigenvalue weighted by atomic mass is 9.77. The Balaban J connectivity index is 2.85. The van der Waals surface area contributed by atoms with Crippen molar-refractivity contribution in [2.24, 2.45) is 5.41 Å². The molecule has 1 saturated carbocycles. The Kier molecular flexibility index (Phi) is 3.23. The highest BCUT2D eigenvalue weighted by molar-refractivity contribution is 6.07. The van der Waals surface area contributed by atoms with Crippen LogP contribution in [0.15, 0.2) is 0 Å². The summed E-state index contributed by atoms with van der Waals surface area (Å²) in [4.78, 5) is 23.4. The maximum atomic E-state index is 11.7. The van der Waals surface area contributed by atoms with E-state index in [1.54, 1.807) is 0 Å². The molecule has 2 heteroatoms. The van der Waals surface area contributed by atoms with Crippen LogP contribution in [0.4, 0.5) is 0 Å². The summed E-state index contributed by atoms with van der Waals surface area (Å²) < 4.78 is 0. The highest BCUT2D eigenvalue weighted by Crippen LogP contribution is 2.32. The van der Waals surface area contributed by atoms with Crippen molar-refractivity contribution in [3.8, 4) is 0 Å². The Bertz CT molecular complexity index is 200. The van der Waals surface area contributed by atoms with E-state index in [4.69, 9.17) is 0 Å². The molecule has 13 heavy (non-hydrogen) atoms. The molecule has 2 nitrogen and oxygen atoms in total. The minimum Gasteiger partial charge on any atom is -0.299 e. The average Bonchev–Trinajstić information content (AvgIpc) is 2.20. The number of ketones is 2. The van der Waals surface area contributed by atoms with Crippen LogP contribution in [0, 0.1) is 5.41 Å². The van der Waals surface area contributed by atoms with E-state index in [1.807, 2.05) is 13.8 Å². The molecule has 0 unspecified atom stereocenters. The fourth-order valence-electron chi connectivity index (χ4n) is 2.06. The molecule has 0 bridgehead atoms. The lowest BCUT2D eigenvalue weighted by Crippen LogP contribution is -2.34. The number of hydrogen-bond acceptors (Lipinski definition) is 2. The van der Waals surface area contributed by atoms with Crippen molar-refractivity contribution in [2.45, 2.75) is 52.4 Å². The zero-order valence-corrected chi connectivity index (χ0v) is 8.56. The summed E-state index contributed by atoms with van der Waals surface area (Å²) in [6, 6.07) is 0. The second-order valence-electron chi connectivity index (χ2n) is 4.14. The third-order valence-corrected chi connectivity index (χ3v) is 3.04. The molecule has 0 atom stereocenters. The van der Waals surface area contributed by atoms with E-state index in [2.05, 4.69) is 0 Å². The number of Topliss-reactive ketones (excluding diaryl/α,β-unsaturated/α-hetero) is 2. The van der Waals surface area contributed by atoms with Gasteiger partial charge in [0, 0.05) is 12.8 Å². The maximum absolute atomic E-state index is 11.7. The quantitative estimate of drug-likeness (QED) is 0.485. The first kappa shape index (κ1) is 10.4. The van der Waals surface area contributed by atoms with E-state index >= 15 is 0 Å². The van der Waals surface area contributed by atoms with Crippen LogP contribution in [-0.4, -0.2) is 11.6 Å². The zero-order valence-electron chi connectivity index (χ0n) is 8.56.